The topological polar surface area (TPSA) is 76.5 Å². The van der Waals surface area contributed by atoms with Crippen LogP contribution in [0.25, 0.3) is 11.1 Å². The number of guanidine groups is 1. The molecule has 2 amide bonds. The Morgan fingerprint density at radius 3 is 2.53 bits per heavy atom. The van der Waals surface area contributed by atoms with Gasteiger partial charge in [-0.1, -0.05) is 61.2 Å². The number of carbonyl (C=O) groups is 2. The minimum atomic E-state index is -1.01. The second-order valence-electron chi connectivity index (χ2n) is 10.8. The van der Waals surface area contributed by atoms with Crippen LogP contribution in [0, 0.1) is 17.2 Å². The van der Waals surface area contributed by atoms with Gasteiger partial charge in [-0.05, 0) is 72.9 Å². The van der Waals surface area contributed by atoms with Crippen molar-refractivity contribution in [2.75, 3.05) is 19.6 Å². The molecule has 2 aromatic carbocycles. The third-order valence-electron chi connectivity index (χ3n) is 8.18. The van der Waals surface area contributed by atoms with Crippen LogP contribution in [0.1, 0.15) is 57.4 Å². The quantitative estimate of drug-likeness (QED) is 0.550. The maximum absolute atomic E-state index is 13.6. The molecule has 1 aliphatic carbocycles. The fraction of sp³-hybridized carbons (Fsp3) is 0.483. The van der Waals surface area contributed by atoms with Crippen molar-refractivity contribution in [1.82, 2.24) is 15.1 Å². The first-order chi connectivity index (χ1) is 17.3. The van der Waals surface area contributed by atoms with Gasteiger partial charge in [0.2, 0.25) is 5.91 Å². The molecule has 2 N–H and O–H groups in total. The van der Waals surface area contributed by atoms with Gasteiger partial charge in [0, 0.05) is 31.1 Å². The lowest BCUT2D eigenvalue weighted by molar-refractivity contribution is -0.131. The minimum Gasteiger partial charge on any atom is -0.342 e. The van der Waals surface area contributed by atoms with Crippen LogP contribution in [-0.4, -0.2) is 47.2 Å². The van der Waals surface area contributed by atoms with Gasteiger partial charge in [0.1, 0.15) is 5.54 Å². The van der Waals surface area contributed by atoms with E-state index in [2.05, 4.69) is 5.32 Å². The highest BCUT2D eigenvalue weighted by Crippen LogP contribution is 2.34. The van der Waals surface area contributed by atoms with Crippen molar-refractivity contribution in [3.05, 3.63) is 59.1 Å². The lowest BCUT2D eigenvalue weighted by Gasteiger charge is -2.25. The molecule has 190 valence electrons. The van der Waals surface area contributed by atoms with Gasteiger partial charge in [-0.15, -0.1) is 0 Å². The standard InChI is InChI=1S/C29H35ClN4O2/c1-29(24-11-5-9-22(16-24)23-10-6-12-25(30)17-23)27(36)34(28(31)32-29)19-21-13-14-33(18-21)26(35)15-20-7-3-2-4-8-20/h5-6,9-12,16-17,20-21H,2-4,7-8,13-15,18-19H2,1H3,(H2,31,32)/t21?,29-/m0/s1. The molecule has 7 heteroatoms. The maximum Gasteiger partial charge on any atom is 0.259 e. The number of benzene rings is 2. The molecule has 6 nitrogen and oxygen atoms in total. The zero-order valence-corrected chi connectivity index (χ0v) is 21.7. The van der Waals surface area contributed by atoms with E-state index < -0.39 is 5.54 Å². The van der Waals surface area contributed by atoms with E-state index in [0.717, 1.165) is 29.7 Å². The van der Waals surface area contributed by atoms with Gasteiger partial charge < -0.3 is 10.2 Å². The molecule has 2 saturated heterocycles. The van der Waals surface area contributed by atoms with Crippen molar-refractivity contribution in [3.63, 3.8) is 0 Å². The van der Waals surface area contributed by atoms with Gasteiger partial charge in [0.05, 0.1) is 0 Å². The monoisotopic (exact) mass is 506 g/mol. The first kappa shape index (κ1) is 24.8. The largest absolute Gasteiger partial charge is 0.342 e. The lowest BCUT2D eigenvalue weighted by Crippen LogP contribution is -2.41. The summed E-state index contributed by atoms with van der Waals surface area (Å²) < 4.78 is 0. The summed E-state index contributed by atoms with van der Waals surface area (Å²) in [7, 11) is 0. The van der Waals surface area contributed by atoms with Crippen molar-refractivity contribution >= 4 is 29.4 Å². The third kappa shape index (κ3) is 5.01. The molecule has 2 aromatic rings. The normalized spacial score (nSPS) is 24.9. The van der Waals surface area contributed by atoms with Gasteiger partial charge in [-0.3, -0.25) is 19.9 Å². The summed E-state index contributed by atoms with van der Waals surface area (Å²) in [4.78, 5) is 30.0. The fourth-order valence-electron chi connectivity index (χ4n) is 6.01. The Hall–Kier alpha value is -2.86. The summed E-state index contributed by atoms with van der Waals surface area (Å²) in [5.74, 6) is 0.983. The number of carbonyl (C=O) groups excluding carboxylic acids is 2. The Morgan fingerprint density at radius 2 is 1.78 bits per heavy atom. The first-order valence-electron chi connectivity index (χ1n) is 13.2. The van der Waals surface area contributed by atoms with E-state index in [0.29, 0.717) is 30.5 Å². The SMILES string of the molecule is C[C@@]1(c2cccc(-c3cccc(Cl)c3)c2)NC(=N)N(CC2CCN(C(=O)CC3CCCCC3)C2)C1=O. The molecule has 0 bridgehead atoms. The number of amides is 2. The first-order valence-corrected chi connectivity index (χ1v) is 13.5. The Kier molecular flexibility index (Phi) is 7.07. The summed E-state index contributed by atoms with van der Waals surface area (Å²) in [5, 5.41) is 12.4. The van der Waals surface area contributed by atoms with Crippen molar-refractivity contribution < 1.29 is 9.59 Å². The van der Waals surface area contributed by atoms with Crippen LogP contribution in [0.15, 0.2) is 48.5 Å². The van der Waals surface area contributed by atoms with Gasteiger partial charge in [0.15, 0.2) is 5.96 Å². The zero-order valence-electron chi connectivity index (χ0n) is 20.9. The average molecular weight is 507 g/mol. The number of rotatable bonds is 6. The molecule has 0 spiro atoms. The number of nitrogens with zero attached hydrogens (tertiary/aromatic N) is 2. The van der Waals surface area contributed by atoms with Crippen LogP contribution in [-0.2, 0) is 15.1 Å². The second-order valence-corrected chi connectivity index (χ2v) is 11.2. The average Bonchev–Trinajstić information content (AvgIpc) is 3.44. The summed E-state index contributed by atoms with van der Waals surface area (Å²) in [5.41, 5.74) is 1.75. The highest BCUT2D eigenvalue weighted by Gasteiger charge is 2.48. The third-order valence-corrected chi connectivity index (χ3v) is 8.41. The van der Waals surface area contributed by atoms with Crippen LogP contribution in [0.4, 0.5) is 0 Å². The Morgan fingerprint density at radius 1 is 1.06 bits per heavy atom. The molecule has 3 fully saturated rings. The number of likely N-dealkylation sites (tertiary alicyclic amines) is 1. The molecule has 2 aliphatic heterocycles. The molecule has 3 aliphatic rings. The molecule has 5 rings (SSSR count). The predicted molar refractivity (Wildman–Crippen MR) is 143 cm³/mol. The van der Waals surface area contributed by atoms with E-state index in [1.54, 1.807) is 4.90 Å². The summed E-state index contributed by atoms with van der Waals surface area (Å²) >= 11 is 6.18. The predicted octanol–water partition coefficient (Wildman–Crippen LogP) is 5.41. The highest BCUT2D eigenvalue weighted by atomic mass is 35.5. The maximum atomic E-state index is 13.6. The number of hydrogen-bond donors (Lipinski definition) is 2. The summed E-state index contributed by atoms with van der Waals surface area (Å²) in [6, 6.07) is 15.5. The van der Waals surface area contributed by atoms with Gasteiger partial charge in [-0.25, -0.2) is 0 Å². The minimum absolute atomic E-state index is 0.122. The Bertz CT molecular complexity index is 1160. The highest BCUT2D eigenvalue weighted by molar-refractivity contribution is 6.30. The van der Waals surface area contributed by atoms with Gasteiger partial charge in [0.25, 0.3) is 5.91 Å². The van der Waals surface area contributed by atoms with Crippen LogP contribution in [0.5, 0.6) is 0 Å². The van der Waals surface area contributed by atoms with Crippen LogP contribution in [0.2, 0.25) is 5.02 Å². The molecule has 0 radical (unpaired) electrons. The van der Waals surface area contributed by atoms with E-state index in [1.807, 2.05) is 60.4 Å². The molecule has 1 saturated carbocycles. The van der Waals surface area contributed by atoms with E-state index in [9.17, 15) is 9.59 Å². The fourth-order valence-corrected chi connectivity index (χ4v) is 6.20. The van der Waals surface area contributed by atoms with Gasteiger partial charge >= 0.3 is 0 Å². The van der Waals surface area contributed by atoms with Crippen molar-refractivity contribution in [2.24, 2.45) is 11.8 Å². The van der Waals surface area contributed by atoms with Gasteiger partial charge in [-0.2, -0.15) is 0 Å². The van der Waals surface area contributed by atoms with Crippen molar-refractivity contribution in [3.8, 4) is 11.1 Å². The number of halogens is 1. The molecule has 0 aromatic heterocycles. The Balaban J connectivity index is 1.24. The summed E-state index contributed by atoms with van der Waals surface area (Å²) in [6.45, 7) is 3.72. The van der Waals surface area contributed by atoms with Crippen LogP contribution >= 0.6 is 11.6 Å². The van der Waals surface area contributed by atoms with E-state index in [-0.39, 0.29) is 23.7 Å². The van der Waals surface area contributed by atoms with Crippen LogP contribution in [0.3, 0.4) is 0 Å². The number of hydrogen-bond acceptors (Lipinski definition) is 3. The zero-order chi connectivity index (χ0) is 25.3. The molecule has 36 heavy (non-hydrogen) atoms. The van der Waals surface area contributed by atoms with E-state index in [4.69, 9.17) is 17.0 Å². The lowest BCUT2D eigenvalue weighted by atomic mass is 9.87. The van der Waals surface area contributed by atoms with E-state index in [1.165, 1.54) is 32.1 Å². The molecule has 2 atom stereocenters. The molecular formula is C29H35ClN4O2. The number of nitrogens with one attached hydrogen (secondary N) is 2. The van der Waals surface area contributed by atoms with E-state index >= 15 is 0 Å². The smallest absolute Gasteiger partial charge is 0.259 e. The van der Waals surface area contributed by atoms with Crippen molar-refractivity contribution in [1.29, 1.82) is 5.41 Å². The van der Waals surface area contributed by atoms with Crippen LogP contribution < -0.4 is 5.32 Å². The Labute approximate surface area is 218 Å². The second kappa shape index (κ2) is 10.3. The summed E-state index contributed by atoms with van der Waals surface area (Å²) in [6.07, 6.45) is 7.66. The molecule has 2 heterocycles. The molecule has 1 unspecified atom stereocenters. The van der Waals surface area contributed by atoms with Crippen molar-refractivity contribution in [2.45, 2.75) is 57.4 Å². The molecular weight excluding hydrogens is 472 g/mol.